The quantitative estimate of drug-likeness (QED) is 0.727. The van der Waals surface area contributed by atoms with Gasteiger partial charge in [-0.3, -0.25) is 4.55 Å². The number of nitrogens with one attached hydrogen (secondary N) is 2. The number of amides is 2. The Balaban J connectivity index is 1.89. The van der Waals surface area contributed by atoms with E-state index in [0.29, 0.717) is 12.2 Å². The Labute approximate surface area is 134 Å². The molecule has 0 spiro atoms. The molecule has 0 aliphatic rings. The maximum atomic E-state index is 11.8. The average Bonchev–Trinajstić information content (AvgIpc) is 2.53. The molecule has 0 saturated carbocycles. The number of urea groups is 1. The van der Waals surface area contributed by atoms with Gasteiger partial charge in [-0.2, -0.15) is 8.42 Å². The number of hydrogen-bond donors (Lipinski definition) is 3. The van der Waals surface area contributed by atoms with Crippen molar-refractivity contribution in [2.75, 3.05) is 12.4 Å². The van der Waals surface area contributed by atoms with Gasteiger partial charge in [0.05, 0.1) is 12.0 Å². The van der Waals surface area contributed by atoms with Crippen LogP contribution in [0.3, 0.4) is 0 Å². The number of anilines is 1. The first-order valence-electron chi connectivity index (χ1n) is 6.64. The van der Waals surface area contributed by atoms with Crippen molar-refractivity contribution in [3.63, 3.8) is 0 Å². The molecule has 122 valence electrons. The van der Waals surface area contributed by atoms with Gasteiger partial charge >= 0.3 is 6.03 Å². The van der Waals surface area contributed by atoms with Crippen molar-refractivity contribution in [3.8, 4) is 5.75 Å². The molecule has 23 heavy (non-hydrogen) atoms. The molecule has 0 bridgehead atoms. The van der Waals surface area contributed by atoms with Gasteiger partial charge in [0.25, 0.3) is 10.1 Å². The zero-order valence-corrected chi connectivity index (χ0v) is 13.1. The molecule has 2 aromatic carbocycles. The van der Waals surface area contributed by atoms with Gasteiger partial charge in [-0.25, -0.2) is 4.79 Å². The zero-order chi connectivity index (χ0) is 16.9. The van der Waals surface area contributed by atoms with Gasteiger partial charge < -0.3 is 15.4 Å². The predicted molar refractivity (Wildman–Crippen MR) is 85.1 cm³/mol. The smallest absolute Gasteiger partial charge is 0.319 e. The van der Waals surface area contributed by atoms with Crippen molar-refractivity contribution in [2.24, 2.45) is 0 Å². The van der Waals surface area contributed by atoms with Crippen LogP contribution in [-0.2, 0) is 16.7 Å². The van der Waals surface area contributed by atoms with E-state index in [1.54, 1.807) is 19.2 Å². The zero-order valence-electron chi connectivity index (χ0n) is 12.3. The fourth-order valence-corrected chi connectivity index (χ4v) is 2.29. The summed E-state index contributed by atoms with van der Waals surface area (Å²) < 4.78 is 35.8. The lowest BCUT2D eigenvalue weighted by Gasteiger charge is -2.08. The number of ether oxygens (including phenoxy) is 1. The minimum absolute atomic E-state index is 0.235. The summed E-state index contributed by atoms with van der Waals surface area (Å²) in [5.41, 5.74) is 1.31. The summed E-state index contributed by atoms with van der Waals surface area (Å²) in [7, 11) is -2.66. The van der Waals surface area contributed by atoms with E-state index in [-0.39, 0.29) is 4.90 Å². The van der Waals surface area contributed by atoms with Crippen molar-refractivity contribution in [2.45, 2.75) is 11.4 Å². The topological polar surface area (TPSA) is 105 Å². The fraction of sp³-hybridized carbons (Fsp3) is 0.133. The SMILES string of the molecule is COc1ccc(CNC(=O)Nc2ccc(S(=O)(=O)O)cc2)cc1. The Bertz CT molecular complexity index is 771. The van der Waals surface area contributed by atoms with Gasteiger partial charge in [0, 0.05) is 12.2 Å². The van der Waals surface area contributed by atoms with E-state index in [0.717, 1.165) is 11.3 Å². The van der Waals surface area contributed by atoms with Crippen LogP contribution in [-0.4, -0.2) is 26.1 Å². The lowest BCUT2D eigenvalue weighted by Crippen LogP contribution is -2.28. The third-order valence-corrected chi connectivity index (χ3v) is 3.89. The molecule has 0 aliphatic carbocycles. The van der Waals surface area contributed by atoms with Gasteiger partial charge in [-0.15, -0.1) is 0 Å². The molecule has 0 aliphatic heterocycles. The molecular formula is C15H16N2O5S. The molecule has 0 saturated heterocycles. The Morgan fingerprint density at radius 1 is 1.09 bits per heavy atom. The third kappa shape index (κ3) is 4.97. The number of carbonyl (C=O) groups is 1. The number of benzene rings is 2. The van der Waals surface area contributed by atoms with Gasteiger partial charge in [0.2, 0.25) is 0 Å². The van der Waals surface area contributed by atoms with Crippen molar-refractivity contribution >= 4 is 21.8 Å². The number of methoxy groups -OCH3 is 1. The van der Waals surface area contributed by atoms with Gasteiger partial charge in [-0.05, 0) is 42.0 Å². The highest BCUT2D eigenvalue weighted by atomic mass is 32.2. The second-order valence-electron chi connectivity index (χ2n) is 4.66. The highest BCUT2D eigenvalue weighted by Gasteiger charge is 2.09. The van der Waals surface area contributed by atoms with Crippen LogP contribution in [0.2, 0.25) is 0 Å². The number of carbonyl (C=O) groups excluding carboxylic acids is 1. The van der Waals surface area contributed by atoms with Crippen LogP contribution in [0.5, 0.6) is 5.75 Å². The number of rotatable bonds is 5. The van der Waals surface area contributed by atoms with Crippen LogP contribution in [0.15, 0.2) is 53.4 Å². The molecular weight excluding hydrogens is 320 g/mol. The molecule has 2 aromatic rings. The van der Waals surface area contributed by atoms with E-state index in [4.69, 9.17) is 9.29 Å². The Morgan fingerprint density at radius 3 is 2.22 bits per heavy atom. The Hall–Kier alpha value is -2.58. The van der Waals surface area contributed by atoms with Crippen LogP contribution in [0.4, 0.5) is 10.5 Å². The molecule has 0 aromatic heterocycles. The monoisotopic (exact) mass is 336 g/mol. The minimum Gasteiger partial charge on any atom is -0.497 e. The molecule has 0 radical (unpaired) electrons. The third-order valence-electron chi connectivity index (χ3n) is 3.02. The number of hydrogen-bond acceptors (Lipinski definition) is 4. The van der Waals surface area contributed by atoms with Crippen LogP contribution in [0.25, 0.3) is 0 Å². The van der Waals surface area contributed by atoms with Crippen molar-refractivity contribution in [1.29, 1.82) is 0 Å². The van der Waals surface area contributed by atoms with E-state index >= 15 is 0 Å². The lowest BCUT2D eigenvalue weighted by molar-refractivity contribution is 0.251. The lowest BCUT2D eigenvalue weighted by atomic mass is 10.2. The summed E-state index contributed by atoms with van der Waals surface area (Å²) in [6.07, 6.45) is 0. The summed E-state index contributed by atoms with van der Waals surface area (Å²) in [6, 6.07) is 12.0. The van der Waals surface area contributed by atoms with E-state index in [1.807, 2.05) is 12.1 Å². The second-order valence-corrected chi connectivity index (χ2v) is 6.08. The normalized spacial score (nSPS) is 10.9. The summed E-state index contributed by atoms with van der Waals surface area (Å²) in [5, 5.41) is 5.23. The molecule has 0 heterocycles. The van der Waals surface area contributed by atoms with Crippen molar-refractivity contribution < 1.29 is 22.5 Å². The van der Waals surface area contributed by atoms with Gasteiger partial charge in [0.15, 0.2) is 0 Å². The fourth-order valence-electron chi connectivity index (χ4n) is 1.81. The molecule has 2 amide bonds. The molecule has 7 nitrogen and oxygen atoms in total. The molecule has 8 heteroatoms. The van der Waals surface area contributed by atoms with Gasteiger partial charge in [-0.1, -0.05) is 12.1 Å². The van der Waals surface area contributed by atoms with E-state index in [9.17, 15) is 13.2 Å². The first-order chi connectivity index (χ1) is 10.9. The van der Waals surface area contributed by atoms with Crippen LogP contribution < -0.4 is 15.4 Å². The van der Waals surface area contributed by atoms with Crippen LogP contribution in [0, 0.1) is 0 Å². The molecule has 0 fully saturated rings. The van der Waals surface area contributed by atoms with Crippen LogP contribution in [0.1, 0.15) is 5.56 Å². The minimum atomic E-state index is -4.24. The first-order valence-corrected chi connectivity index (χ1v) is 8.08. The standard InChI is InChI=1S/C15H16N2O5S/c1-22-13-6-2-11(3-7-13)10-16-15(18)17-12-4-8-14(9-5-12)23(19,20)21/h2-9H,10H2,1H3,(H2,16,17,18)(H,19,20,21). The molecule has 0 atom stereocenters. The van der Waals surface area contributed by atoms with Crippen molar-refractivity contribution in [1.82, 2.24) is 5.32 Å². The van der Waals surface area contributed by atoms with E-state index in [1.165, 1.54) is 24.3 Å². The summed E-state index contributed by atoms with van der Waals surface area (Å²) in [4.78, 5) is 11.5. The molecule has 3 N–H and O–H groups in total. The first kappa shape index (κ1) is 16.8. The maximum absolute atomic E-state index is 11.8. The van der Waals surface area contributed by atoms with E-state index in [2.05, 4.69) is 10.6 Å². The Kier molecular flexibility index (Phi) is 5.20. The maximum Gasteiger partial charge on any atom is 0.319 e. The largest absolute Gasteiger partial charge is 0.497 e. The second kappa shape index (κ2) is 7.12. The van der Waals surface area contributed by atoms with E-state index < -0.39 is 16.1 Å². The summed E-state index contributed by atoms with van der Waals surface area (Å²) in [5.74, 6) is 0.733. The predicted octanol–water partition coefficient (Wildman–Crippen LogP) is 2.26. The summed E-state index contributed by atoms with van der Waals surface area (Å²) in [6.45, 7) is 0.332. The summed E-state index contributed by atoms with van der Waals surface area (Å²) >= 11 is 0. The molecule has 2 rings (SSSR count). The average molecular weight is 336 g/mol. The van der Waals surface area contributed by atoms with Gasteiger partial charge in [0.1, 0.15) is 5.75 Å². The highest BCUT2D eigenvalue weighted by Crippen LogP contribution is 2.14. The Morgan fingerprint density at radius 2 is 1.70 bits per heavy atom. The molecule has 0 unspecified atom stereocenters. The van der Waals surface area contributed by atoms with Crippen molar-refractivity contribution in [3.05, 3.63) is 54.1 Å². The highest BCUT2D eigenvalue weighted by molar-refractivity contribution is 7.85. The van der Waals surface area contributed by atoms with Crippen LogP contribution >= 0.6 is 0 Å².